The Morgan fingerprint density at radius 3 is 1.11 bits per heavy atom. The van der Waals surface area contributed by atoms with Gasteiger partial charge in [0, 0.05) is 83.7 Å². The zero-order valence-electron chi connectivity index (χ0n) is 47.0. The highest BCUT2D eigenvalue weighted by molar-refractivity contribution is 6.15. The van der Waals surface area contributed by atoms with Crippen LogP contribution in [0.25, 0.3) is 50.7 Å². The average molecular weight is 1150 g/mol. The van der Waals surface area contributed by atoms with Crippen molar-refractivity contribution in [1.82, 2.24) is 53.8 Å². The van der Waals surface area contributed by atoms with E-state index in [1.54, 1.807) is 56.5 Å². The summed E-state index contributed by atoms with van der Waals surface area (Å²) in [7, 11) is 0. The molecule has 0 aliphatic heterocycles. The monoisotopic (exact) mass is 1150 g/mol. The Bertz CT molecular complexity index is 3890. The molecule has 19 heteroatoms. The first-order valence-corrected chi connectivity index (χ1v) is 28.7. The Labute approximate surface area is 495 Å². The quantitative estimate of drug-likeness (QED) is 0.0788. The third-order valence-corrected chi connectivity index (χ3v) is 14.0. The van der Waals surface area contributed by atoms with Crippen LogP contribution >= 0.6 is 11.6 Å². The van der Waals surface area contributed by atoms with Crippen LogP contribution in [0.5, 0.6) is 17.2 Å². The standard InChI is InChI=1S/2C23H20N4O2.C17H15N3O2.C2H3N.CH3Cl/c2*28-21(18-6-7-18)13-22-25-23-5-1-4-20(27(23)26-22)17-8-10-19(11-9-17)29-15-16-3-2-12-24-14-16;21-13-8-6-11(7-9-13)14-2-1-3-17-18-16(19-20(14)17)10-15(22)12-4-5-12;1-2-3;1-2/h2*1-5,8-12,14,18H,6-7,13,15H2;1-3,6-9,12,21H,4-5,10H2;1H3;1H3. The van der Waals surface area contributed by atoms with E-state index in [1.165, 1.54) is 13.3 Å². The van der Waals surface area contributed by atoms with E-state index in [4.69, 9.17) is 14.7 Å². The first kappa shape index (κ1) is 58.2. The highest BCUT2D eigenvalue weighted by Gasteiger charge is 2.32. The van der Waals surface area contributed by atoms with Crippen LogP contribution in [-0.4, -0.2) is 82.6 Å². The smallest absolute Gasteiger partial charge is 0.159 e. The number of benzene rings is 3. The number of nitrogens with zero attached hydrogens (tertiary/aromatic N) is 12. The van der Waals surface area contributed by atoms with Crippen LogP contribution in [0.1, 0.15) is 74.0 Å². The van der Waals surface area contributed by atoms with E-state index in [0.29, 0.717) is 49.9 Å². The lowest BCUT2D eigenvalue weighted by Gasteiger charge is -2.08. The predicted molar refractivity (Wildman–Crippen MR) is 321 cm³/mol. The van der Waals surface area contributed by atoms with Gasteiger partial charge in [-0.15, -0.1) is 11.6 Å². The number of hydrogen-bond acceptors (Lipinski definition) is 15. The average Bonchev–Trinajstić information content (AvgIpc) is 3.32. The van der Waals surface area contributed by atoms with Crippen molar-refractivity contribution < 1.29 is 29.0 Å². The molecule has 0 radical (unpaired) electrons. The molecule has 3 saturated carbocycles. The van der Waals surface area contributed by atoms with Crippen LogP contribution in [-0.2, 0) is 46.9 Å². The minimum Gasteiger partial charge on any atom is -0.508 e. The summed E-state index contributed by atoms with van der Waals surface area (Å²) in [4.78, 5) is 57.8. The molecule has 0 saturated heterocycles. The van der Waals surface area contributed by atoms with Gasteiger partial charge in [-0.3, -0.25) is 24.4 Å². The number of phenols is 1. The number of carbonyl (C=O) groups excluding carboxylic acids is 3. The summed E-state index contributed by atoms with van der Waals surface area (Å²) in [5.41, 5.74) is 9.97. The van der Waals surface area contributed by atoms with Crippen molar-refractivity contribution in [2.24, 2.45) is 17.8 Å². The number of alkyl halides is 1. The SMILES string of the molecule is CC#N.CCl.O=C(Cc1nc2cccc(-c3ccc(O)cc3)n2n1)C1CC1.O=C(Cc1nc2cccc(-c3ccc(OCc4cccnc4)cc3)n2n1)C1CC1.O=C(Cc1nc2cccc(-c3ccc(OCc4cccnc4)cc3)n2n1)C1CC1. The fourth-order valence-corrected chi connectivity index (χ4v) is 9.22. The Kier molecular flexibility index (Phi) is 19.1. The van der Waals surface area contributed by atoms with Crippen molar-refractivity contribution in [3.63, 3.8) is 0 Å². The summed E-state index contributed by atoms with van der Waals surface area (Å²) >= 11 is 4.64. The number of aromatic nitrogens is 11. The third-order valence-electron chi connectivity index (χ3n) is 14.0. The molecule has 11 aromatic rings. The largest absolute Gasteiger partial charge is 0.508 e. The zero-order valence-corrected chi connectivity index (χ0v) is 47.7. The van der Waals surface area contributed by atoms with Crippen LogP contribution in [0.2, 0.25) is 0 Å². The van der Waals surface area contributed by atoms with Gasteiger partial charge in [-0.05, 0) is 160 Å². The second-order valence-electron chi connectivity index (χ2n) is 20.5. The number of aromatic hydroxyl groups is 1. The predicted octanol–water partition coefficient (Wildman–Crippen LogP) is 11.8. The minimum atomic E-state index is 0.222. The minimum absolute atomic E-state index is 0.222. The number of halogens is 1. The van der Waals surface area contributed by atoms with Crippen molar-refractivity contribution >= 4 is 45.9 Å². The summed E-state index contributed by atoms with van der Waals surface area (Å²) in [5, 5.41) is 30.4. The Balaban J connectivity index is 0.000000138. The van der Waals surface area contributed by atoms with Crippen LogP contribution in [0.4, 0.5) is 0 Å². The highest BCUT2D eigenvalue weighted by Crippen LogP contribution is 2.33. The lowest BCUT2D eigenvalue weighted by molar-refractivity contribution is -0.120. The summed E-state index contributed by atoms with van der Waals surface area (Å²) in [6.45, 7) is 2.38. The number of phenolic OH excluding ortho intramolecular Hbond substituents is 1. The summed E-state index contributed by atoms with van der Waals surface area (Å²) < 4.78 is 17.0. The van der Waals surface area contributed by atoms with E-state index in [1.807, 2.05) is 140 Å². The maximum absolute atomic E-state index is 12.1. The van der Waals surface area contributed by atoms with Gasteiger partial charge in [0.25, 0.3) is 0 Å². The van der Waals surface area contributed by atoms with E-state index in [9.17, 15) is 19.5 Å². The van der Waals surface area contributed by atoms with Crippen molar-refractivity contribution in [3.05, 3.63) is 205 Å². The Hall–Kier alpha value is -9.99. The van der Waals surface area contributed by atoms with Crippen molar-refractivity contribution in [1.29, 1.82) is 5.26 Å². The van der Waals surface area contributed by atoms with Gasteiger partial charge in [-0.1, -0.05) is 30.3 Å². The molecular weight excluding hydrogens is 1090 g/mol. The van der Waals surface area contributed by atoms with E-state index in [2.05, 4.69) is 51.8 Å². The Morgan fingerprint density at radius 1 is 0.494 bits per heavy atom. The second-order valence-corrected chi connectivity index (χ2v) is 20.5. The molecule has 3 aliphatic rings. The zero-order chi connectivity index (χ0) is 59.1. The molecule has 3 fully saturated rings. The fourth-order valence-electron chi connectivity index (χ4n) is 9.22. The summed E-state index contributed by atoms with van der Waals surface area (Å²) in [6.07, 6.45) is 15.5. The van der Waals surface area contributed by atoms with Crippen LogP contribution in [0.3, 0.4) is 0 Å². The number of ketones is 3. The molecule has 0 amide bonds. The molecule has 3 aliphatic carbocycles. The second kappa shape index (κ2) is 27.9. The fraction of sp³-hybridized carbons (Fsp3) is 0.242. The van der Waals surface area contributed by atoms with Gasteiger partial charge < -0.3 is 14.6 Å². The van der Waals surface area contributed by atoms with Gasteiger partial charge in [-0.25, -0.2) is 28.5 Å². The molecule has 0 bridgehead atoms. The molecule has 1 N–H and O–H groups in total. The van der Waals surface area contributed by atoms with Crippen LogP contribution in [0, 0.1) is 29.1 Å². The molecule has 85 heavy (non-hydrogen) atoms. The first-order valence-electron chi connectivity index (χ1n) is 28.0. The molecule has 0 atom stereocenters. The lowest BCUT2D eigenvalue weighted by atomic mass is 10.1. The molecular formula is C66H61ClN12O6. The number of carbonyl (C=O) groups is 3. The van der Waals surface area contributed by atoms with Gasteiger partial charge in [0.15, 0.2) is 34.4 Å². The van der Waals surface area contributed by atoms with Gasteiger partial charge in [0.2, 0.25) is 0 Å². The molecule has 8 heterocycles. The number of pyridine rings is 5. The van der Waals surface area contributed by atoms with Gasteiger partial charge >= 0.3 is 0 Å². The number of fused-ring (bicyclic) bond motifs is 3. The van der Waals surface area contributed by atoms with Gasteiger partial charge in [0.1, 0.15) is 47.8 Å². The van der Waals surface area contributed by atoms with Crippen molar-refractivity contribution in [3.8, 4) is 57.1 Å². The van der Waals surface area contributed by atoms with Gasteiger partial charge in [0.05, 0.1) is 42.4 Å². The topological polar surface area (TPSA) is 230 Å². The maximum atomic E-state index is 12.1. The number of rotatable bonds is 18. The van der Waals surface area contributed by atoms with E-state index < -0.39 is 0 Å². The lowest BCUT2D eigenvalue weighted by Crippen LogP contribution is -2.06. The molecule has 0 spiro atoms. The highest BCUT2D eigenvalue weighted by atomic mass is 35.5. The van der Waals surface area contributed by atoms with Gasteiger partial charge in [-0.2, -0.15) is 20.6 Å². The summed E-state index contributed by atoms with van der Waals surface area (Å²) in [6, 6.07) is 49.7. The molecule has 0 unspecified atom stereocenters. The first-order chi connectivity index (χ1) is 41.6. The van der Waals surface area contributed by atoms with Crippen molar-refractivity contribution in [2.45, 2.75) is 77.9 Å². The molecule has 3 aromatic carbocycles. The summed E-state index contributed by atoms with van der Waals surface area (Å²) in [5.74, 6) is 4.96. The molecule has 8 aromatic heterocycles. The van der Waals surface area contributed by atoms with Crippen LogP contribution in [0.15, 0.2) is 176 Å². The number of hydrogen-bond donors (Lipinski definition) is 1. The van der Waals surface area contributed by atoms with E-state index in [0.717, 1.165) is 112 Å². The van der Waals surface area contributed by atoms with E-state index >= 15 is 0 Å². The molecule has 428 valence electrons. The molecule has 18 nitrogen and oxygen atoms in total. The number of Topliss-reactive ketones (excluding diaryl/α,β-unsaturated/α-hetero) is 3. The number of nitriles is 1. The van der Waals surface area contributed by atoms with Crippen molar-refractivity contribution in [2.75, 3.05) is 6.38 Å². The molecule has 14 rings (SSSR count). The number of ether oxygens (including phenoxy) is 2. The Morgan fingerprint density at radius 2 is 0.812 bits per heavy atom. The normalized spacial score (nSPS) is 13.1. The maximum Gasteiger partial charge on any atom is 0.159 e. The van der Waals surface area contributed by atoms with Crippen LogP contribution < -0.4 is 9.47 Å². The third kappa shape index (κ3) is 15.6. The van der Waals surface area contributed by atoms with E-state index in [-0.39, 0.29) is 40.9 Å².